The zero-order valence-electron chi connectivity index (χ0n) is 6.21. The fraction of sp³-hybridized carbons (Fsp3) is 0.250. The van der Waals surface area contributed by atoms with Gasteiger partial charge in [-0.3, -0.25) is 0 Å². The Bertz CT molecular complexity index is 210. The van der Waals surface area contributed by atoms with E-state index >= 15 is 0 Å². The van der Waals surface area contributed by atoms with Crippen LogP contribution in [-0.2, 0) is 0 Å². The van der Waals surface area contributed by atoms with E-state index in [1.54, 1.807) is 7.11 Å². The van der Waals surface area contributed by atoms with Crippen LogP contribution in [0.1, 0.15) is 0 Å². The Balaban J connectivity index is 2.66. The molecule has 0 N–H and O–H groups in total. The second-order valence-corrected chi connectivity index (χ2v) is 2.91. The minimum atomic E-state index is -0.383. The van der Waals surface area contributed by atoms with Crippen LogP contribution in [0.3, 0.4) is 0 Å². The summed E-state index contributed by atoms with van der Waals surface area (Å²) in [6.07, 6.45) is 0. The van der Waals surface area contributed by atoms with Crippen molar-refractivity contribution in [3.63, 3.8) is 0 Å². The SMILES string of the molecule is COc1ccc(SCF)cc1. The van der Waals surface area contributed by atoms with Crippen molar-refractivity contribution in [2.75, 3.05) is 13.1 Å². The Morgan fingerprint density at radius 1 is 1.36 bits per heavy atom. The van der Waals surface area contributed by atoms with Gasteiger partial charge in [0.2, 0.25) is 0 Å². The van der Waals surface area contributed by atoms with Crippen molar-refractivity contribution in [1.29, 1.82) is 0 Å². The summed E-state index contributed by atoms with van der Waals surface area (Å²) in [5, 5.41) is 0. The molecule has 0 saturated carbocycles. The zero-order valence-corrected chi connectivity index (χ0v) is 7.03. The molecule has 1 nitrogen and oxygen atoms in total. The summed E-state index contributed by atoms with van der Waals surface area (Å²) < 4.78 is 16.7. The van der Waals surface area contributed by atoms with Crippen LogP contribution in [-0.4, -0.2) is 13.1 Å². The maximum Gasteiger partial charge on any atom is 0.139 e. The van der Waals surface area contributed by atoms with Crippen molar-refractivity contribution in [1.82, 2.24) is 0 Å². The highest BCUT2D eigenvalue weighted by Gasteiger charge is 1.92. The van der Waals surface area contributed by atoms with Crippen LogP contribution in [0.15, 0.2) is 29.2 Å². The Labute approximate surface area is 69.6 Å². The van der Waals surface area contributed by atoms with Gasteiger partial charge in [-0.2, -0.15) is 0 Å². The summed E-state index contributed by atoms with van der Waals surface area (Å²) in [4.78, 5) is 0.924. The van der Waals surface area contributed by atoms with Crippen molar-refractivity contribution in [3.05, 3.63) is 24.3 Å². The van der Waals surface area contributed by atoms with E-state index in [0.717, 1.165) is 10.6 Å². The lowest BCUT2D eigenvalue weighted by Crippen LogP contribution is -1.80. The van der Waals surface area contributed by atoms with Crippen LogP contribution < -0.4 is 4.74 Å². The minimum Gasteiger partial charge on any atom is -0.497 e. The fourth-order valence-corrected chi connectivity index (χ4v) is 1.19. The van der Waals surface area contributed by atoms with Gasteiger partial charge in [-0.25, -0.2) is 4.39 Å². The third-order valence-corrected chi connectivity index (χ3v) is 2.00. The van der Waals surface area contributed by atoms with Crippen LogP contribution in [0.4, 0.5) is 4.39 Å². The van der Waals surface area contributed by atoms with Gasteiger partial charge < -0.3 is 4.74 Å². The number of benzene rings is 1. The number of ether oxygens (including phenoxy) is 1. The monoisotopic (exact) mass is 172 g/mol. The first-order valence-electron chi connectivity index (χ1n) is 3.19. The third-order valence-electron chi connectivity index (χ3n) is 1.28. The van der Waals surface area contributed by atoms with E-state index < -0.39 is 0 Å². The van der Waals surface area contributed by atoms with E-state index in [4.69, 9.17) is 4.74 Å². The Morgan fingerprint density at radius 3 is 2.45 bits per heavy atom. The predicted molar refractivity (Wildman–Crippen MR) is 44.8 cm³/mol. The number of alkyl halides is 1. The summed E-state index contributed by atoms with van der Waals surface area (Å²) in [6, 6.07) is 6.93. The molecule has 0 aromatic heterocycles. The second-order valence-electron chi connectivity index (χ2n) is 1.93. The molecular formula is C8H9FOS. The standard InChI is InChI=1S/C8H9FOS/c1-10-7-2-4-8(5-3-7)11-6-9/h2-5H,6H2,1H3. The summed E-state index contributed by atoms with van der Waals surface area (Å²) in [5.74, 6) is 0.799. The van der Waals surface area contributed by atoms with Crippen LogP contribution in [0.25, 0.3) is 0 Å². The van der Waals surface area contributed by atoms with Gasteiger partial charge in [0.15, 0.2) is 0 Å². The molecule has 1 aromatic rings. The van der Waals surface area contributed by atoms with E-state index in [-0.39, 0.29) is 6.01 Å². The molecule has 0 saturated heterocycles. The lowest BCUT2D eigenvalue weighted by atomic mass is 10.3. The first kappa shape index (κ1) is 8.40. The number of methoxy groups -OCH3 is 1. The topological polar surface area (TPSA) is 9.23 Å². The first-order valence-corrected chi connectivity index (χ1v) is 4.18. The van der Waals surface area contributed by atoms with Gasteiger partial charge in [0.05, 0.1) is 7.11 Å². The Kier molecular flexibility index (Phi) is 3.23. The summed E-state index contributed by atoms with van der Waals surface area (Å²) in [5.41, 5.74) is 0. The van der Waals surface area contributed by atoms with Crippen molar-refractivity contribution < 1.29 is 9.13 Å². The van der Waals surface area contributed by atoms with Crippen LogP contribution in [0, 0.1) is 0 Å². The Morgan fingerprint density at radius 2 is 2.00 bits per heavy atom. The van der Waals surface area contributed by atoms with Crippen molar-refractivity contribution in [2.45, 2.75) is 4.90 Å². The van der Waals surface area contributed by atoms with Gasteiger partial charge in [-0.1, -0.05) is 11.8 Å². The molecule has 60 valence electrons. The normalized spacial score (nSPS) is 9.64. The highest BCUT2D eigenvalue weighted by atomic mass is 32.2. The first-order chi connectivity index (χ1) is 5.36. The lowest BCUT2D eigenvalue weighted by molar-refractivity contribution is 0.414. The number of rotatable bonds is 3. The quantitative estimate of drug-likeness (QED) is 0.648. The highest BCUT2D eigenvalue weighted by Crippen LogP contribution is 2.20. The molecule has 0 bridgehead atoms. The van der Waals surface area contributed by atoms with E-state index in [2.05, 4.69) is 0 Å². The molecule has 0 unspecified atom stereocenters. The molecule has 11 heavy (non-hydrogen) atoms. The average Bonchev–Trinajstić information content (AvgIpc) is 2.07. The van der Waals surface area contributed by atoms with Crippen molar-refractivity contribution in [2.24, 2.45) is 0 Å². The van der Waals surface area contributed by atoms with E-state index in [1.165, 1.54) is 11.8 Å². The van der Waals surface area contributed by atoms with Gasteiger partial charge in [0.1, 0.15) is 11.8 Å². The summed E-state index contributed by atoms with van der Waals surface area (Å²) in [6.45, 7) is 0. The van der Waals surface area contributed by atoms with Gasteiger partial charge in [-0.05, 0) is 24.3 Å². The molecule has 0 radical (unpaired) electrons. The molecule has 0 aliphatic heterocycles. The van der Waals surface area contributed by atoms with Crippen molar-refractivity contribution >= 4 is 11.8 Å². The largest absolute Gasteiger partial charge is 0.497 e. The molecule has 0 heterocycles. The van der Waals surface area contributed by atoms with Crippen LogP contribution in [0.5, 0.6) is 5.75 Å². The maximum atomic E-state index is 11.8. The molecule has 3 heteroatoms. The third kappa shape index (κ3) is 2.42. The smallest absolute Gasteiger partial charge is 0.139 e. The average molecular weight is 172 g/mol. The lowest BCUT2D eigenvalue weighted by Gasteiger charge is -1.99. The van der Waals surface area contributed by atoms with Crippen LogP contribution >= 0.6 is 11.8 Å². The van der Waals surface area contributed by atoms with Gasteiger partial charge in [0.25, 0.3) is 0 Å². The fourth-order valence-electron chi connectivity index (χ4n) is 0.735. The Hall–Kier alpha value is -0.700. The number of hydrogen-bond donors (Lipinski definition) is 0. The van der Waals surface area contributed by atoms with E-state index in [0.29, 0.717) is 0 Å². The molecule has 0 aliphatic carbocycles. The number of halogens is 1. The van der Waals surface area contributed by atoms with Gasteiger partial charge in [0, 0.05) is 4.90 Å². The van der Waals surface area contributed by atoms with Gasteiger partial charge in [-0.15, -0.1) is 0 Å². The summed E-state index contributed by atoms with van der Waals surface area (Å²) in [7, 11) is 1.61. The van der Waals surface area contributed by atoms with Gasteiger partial charge >= 0.3 is 0 Å². The predicted octanol–water partition coefficient (Wildman–Crippen LogP) is 2.71. The molecule has 1 rings (SSSR count). The molecular weight excluding hydrogens is 163 g/mol. The molecule has 0 fully saturated rings. The maximum absolute atomic E-state index is 11.8. The molecule has 0 spiro atoms. The molecule has 0 atom stereocenters. The molecule has 0 aliphatic rings. The second kappa shape index (κ2) is 4.23. The molecule has 0 amide bonds. The number of hydrogen-bond acceptors (Lipinski definition) is 2. The van der Waals surface area contributed by atoms with E-state index in [9.17, 15) is 4.39 Å². The highest BCUT2D eigenvalue weighted by molar-refractivity contribution is 7.99. The van der Waals surface area contributed by atoms with Crippen molar-refractivity contribution in [3.8, 4) is 5.75 Å². The molecule has 1 aromatic carbocycles. The minimum absolute atomic E-state index is 0.383. The number of thioether (sulfide) groups is 1. The zero-order chi connectivity index (χ0) is 8.10. The van der Waals surface area contributed by atoms with Crippen LogP contribution in [0.2, 0.25) is 0 Å². The van der Waals surface area contributed by atoms with E-state index in [1.807, 2.05) is 24.3 Å². The summed E-state index contributed by atoms with van der Waals surface area (Å²) >= 11 is 1.17.